The largest absolute Gasteiger partial charge is 0.0814 e. The van der Waals surface area contributed by atoms with Crippen molar-refractivity contribution >= 4 is 30.0 Å². The molecule has 3 aromatic rings. The second-order valence-electron chi connectivity index (χ2n) is 5.29. The predicted molar refractivity (Wildman–Crippen MR) is 88.0 cm³/mol. The molecule has 94 valence electrons. The van der Waals surface area contributed by atoms with Crippen molar-refractivity contribution < 1.29 is 0 Å². The zero-order chi connectivity index (χ0) is 11.9. The van der Waals surface area contributed by atoms with Gasteiger partial charge in [-0.05, 0) is 58.4 Å². The van der Waals surface area contributed by atoms with Gasteiger partial charge in [0.25, 0.3) is 0 Å². The summed E-state index contributed by atoms with van der Waals surface area (Å²) in [4.78, 5) is 0. The molecule has 0 saturated carbocycles. The van der Waals surface area contributed by atoms with Crippen LogP contribution in [0.5, 0.6) is 0 Å². The number of aryl methyl sites for hydroxylation is 2. The molecule has 0 N–H and O–H groups in total. The number of rotatable bonds is 0. The van der Waals surface area contributed by atoms with Crippen molar-refractivity contribution in [3.05, 3.63) is 59.7 Å². The van der Waals surface area contributed by atoms with E-state index in [9.17, 15) is 0 Å². The van der Waals surface area contributed by atoms with Gasteiger partial charge in [0.2, 0.25) is 0 Å². The van der Waals surface area contributed by atoms with Crippen LogP contribution >= 0.6 is 0 Å². The van der Waals surface area contributed by atoms with E-state index >= 15 is 0 Å². The molecule has 0 atom stereocenters. The Bertz CT molecular complexity index is 743. The average molecular weight is 246 g/mol. The van der Waals surface area contributed by atoms with E-state index in [1.165, 1.54) is 47.2 Å². The molecule has 19 heavy (non-hydrogen) atoms. The summed E-state index contributed by atoms with van der Waals surface area (Å²) in [5, 5.41) is 5.64. The Labute approximate surface area is 116 Å². The van der Waals surface area contributed by atoms with Crippen molar-refractivity contribution in [3.63, 3.8) is 0 Å². The van der Waals surface area contributed by atoms with Crippen LogP contribution in [-0.4, -0.2) is 8.41 Å². The Morgan fingerprint density at radius 3 is 2.37 bits per heavy atom. The van der Waals surface area contributed by atoms with E-state index < -0.39 is 0 Å². The smallest absolute Gasteiger partial charge is 0.0616 e. The van der Waals surface area contributed by atoms with Gasteiger partial charge in [-0.3, -0.25) is 0 Å². The van der Waals surface area contributed by atoms with Gasteiger partial charge in [-0.15, -0.1) is 0 Å². The highest BCUT2D eigenvalue weighted by Crippen LogP contribution is 2.32. The number of benzene rings is 3. The third-order valence-corrected chi connectivity index (χ3v) is 4.26. The third kappa shape index (κ3) is 1.85. The van der Waals surface area contributed by atoms with Crippen LogP contribution in [0.2, 0.25) is 0 Å². The molecule has 0 radical (unpaired) electrons. The number of hydrogen-bond acceptors (Lipinski definition) is 0. The molecular weight excluding hydrogens is 227 g/mol. The van der Waals surface area contributed by atoms with E-state index in [4.69, 9.17) is 0 Å². The summed E-state index contributed by atoms with van der Waals surface area (Å²) in [5.74, 6) is 0. The minimum Gasteiger partial charge on any atom is -0.0616 e. The first-order valence-corrected chi connectivity index (χ1v) is 6.86. The summed E-state index contributed by atoms with van der Waals surface area (Å²) in [6, 6.07) is 18.0. The van der Waals surface area contributed by atoms with Crippen molar-refractivity contribution in [1.82, 2.24) is 0 Å². The fraction of sp³-hybridized carbons (Fsp3) is 0.222. The van der Waals surface area contributed by atoms with Gasteiger partial charge in [0, 0.05) is 0 Å². The van der Waals surface area contributed by atoms with Gasteiger partial charge in [-0.25, -0.2) is 0 Å². The molecule has 0 aliphatic heterocycles. The zero-order valence-corrected chi connectivity index (χ0v) is 10.4. The van der Waals surface area contributed by atoms with Crippen molar-refractivity contribution in [2.75, 3.05) is 0 Å². The summed E-state index contributed by atoms with van der Waals surface area (Å²) in [6.45, 7) is 0. The molecule has 0 fully saturated rings. The number of hydrogen-bond donors (Lipinski definition) is 0. The monoisotopic (exact) mass is 246 g/mol. The lowest BCUT2D eigenvalue weighted by molar-refractivity contribution is 0.690. The molecule has 0 spiro atoms. The first kappa shape index (κ1) is 12.3. The van der Waals surface area contributed by atoms with Gasteiger partial charge in [0.05, 0.1) is 8.41 Å². The predicted octanol–water partition coefficient (Wildman–Crippen LogP) is 3.69. The van der Waals surface area contributed by atoms with E-state index in [0.717, 1.165) is 0 Å². The summed E-state index contributed by atoms with van der Waals surface area (Å²) < 4.78 is 0. The van der Waals surface area contributed by atoms with Crippen LogP contribution in [-0.2, 0) is 12.8 Å². The highest BCUT2D eigenvalue weighted by atomic mass is 14.2. The topological polar surface area (TPSA) is 0 Å². The first-order valence-electron chi connectivity index (χ1n) is 6.86. The minimum atomic E-state index is 0. The second kappa shape index (κ2) is 4.73. The lowest BCUT2D eigenvalue weighted by Gasteiger charge is -2.18. The molecule has 0 nitrogen and oxygen atoms in total. The van der Waals surface area contributed by atoms with Crippen LogP contribution < -0.4 is 0 Å². The van der Waals surface area contributed by atoms with E-state index in [1.54, 1.807) is 11.1 Å². The zero-order valence-electron chi connectivity index (χ0n) is 10.4. The Hall–Kier alpha value is -1.76. The second-order valence-corrected chi connectivity index (χ2v) is 5.29. The molecule has 3 aromatic carbocycles. The Morgan fingerprint density at radius 2 is 1.42 bits per heavy atom. The first-order chi connectivity index (χ1) is 8.93. The molecule has 0 bridgehead atoms. The van der Waals surface area contributed by atoms with Crippen LogP contribution in [0.3, 0.4) is 0 Å². The lowest BCUT2D eigenvalue weighted by atomic mass is 9.86. The average Bonchev–Trinajstić information content (AvgIpc) is 2.46. The van der Waals surface area contributed by atoms with E-state index in [2.05, 4.69) is 48.5 Å². The molecule has 1 aliphatic rings. The third-order valence-electron chi connectivity index (χ3n) is 4.26. The quantitative estimate of drug-likeness (QED) is 0.419. The Kier molecular flexibility index (Phi) is 3.06. The highest BCUT2D eigenvalue weighted by Gasteiger charge is 2.12. The van der Waals surface area contributed by atoms with Crippen molar-refractivity contribution in [3.8, 4) is 0 Å². The Balaban J connectivity index is 0.00000110. The fourth-order valence-corrected chi connectivity index (χ4v) is 3.34. The summed E-state index contributed by atoms with van der Waals surface area (Å²) in [5.41, 5.74) is 3.17. The molecular formula is C18H19B. The van der Waals surface area contributed by atoms with E-state index in [0.29, 0.717) is 0 Å². The lowest BCUT2D eigenvalue weighted by Crippen LogP contribution is -2.02. The maximum absolute atomic E-state index is 2.35. The van der Waals surface area contributed by atoms with Crippen LogP contribution in [0, 0.1) is 0 Å². The molecule has 0 amide bonds. The standard InChI is InChI=1S/C18H16.BH3/c1-3-7-15-13(5-1)9-11-18-16-8-4-2-6-14(16)10-12-17(15)18;/h1,3,5,7,9-12H,2,4,6,8H2;1H3. The summed E-state index contributed by atoms with van der Waals surface area (Å²) in [7, 11) is 0. The number of fused-ring (bicyclic) bond motifs is 5. The molecule has 0 unspecified atom stereocenters. The van der Waals surface area contributed by atoms with Gasteiger partial charge in [0.15, 0.2) is 0 Å². The van der Waals surface area contributed by atoms with Crippen molar-refractivity contribution in [2.45, 2.75) is 25.7 Å². The summed E-state index contributed by atoms with van der Waals surface area (Å²) >= 11 is 0. The Morgan fingerprint density at radius 1 is 0.632 bits per heavy atom. The van der Waals surface area contributed by atoms with Crippen molar-refractivity contribution in [1.29, 1.82) is 0 Å². The van der Waals surface area contributed by atoms with Crippen LogP contribution in [0.4, 0.5) is 0 Å². The molecule has 0 aromatic heterocycles. The molecule has 1 heteroatoms. The molecule has 1 aliphatic carbocycles. The van der Waals surface area contributed by atoms with E-state index in [-0.39, 0.29) is 8.41 Å². The van der Waals surface area contributed by atoms with Gasteiger partial charge in [-0.1, -0.05) is 48.5 Å². The highest BCUT2D eigenvalue weighted by molar-refractivity contribution is 6.08. The molecule has 0 heterocycles. The SMILES string of the molecule is B.c1ccc2c(c1)ccc1c3c(ccc12)CCCC3. The molecule has 4 rings (SSSR count). The van der Waals surface area contributed by atoms with Gasteiger partial charge >= 0.3 is 0 Å². The van der Waals surface area contributed by atoms with Crippen molar-refractivity contribution in [2.24, 2.45) is 0 Å². The van der Waals surface area contributed by atoms with Crippen LogP contribution in [0.25, 0.3) is 21.5 Å². The van der Waals surface area contributed by atoms with Gasteiger partial charge < -0.3 is 0 Å². The minimum absolute atomic E-state index is 0. The fourth-order valence-electron chi connectivity index (χ4n) is 3.34. The van der Waals surface area contributed by atoms with Gasteiger partial charge in [-0.2, -0.15) is 0 Å². The molecule has 0 saturated heterocycles. The van der Waals surface area contributed by atoms with Crippen LogP contribution in [0.1, 0.15) is 24.0 Å². The summed E-state index contributed by atoms with van der Waals surface area (Å²) in [6.07, 6.45) is 5.22. The van der Waals surface area contributed by atoms with Gasteiger partial charge in [0.1, 0.15) is 0 Å². The van der Waals surface area contributed by atoms with Crippen LogP contribution in [0.15, 0.2) is 48.5 Å². The maximum Gasteiger partial charge on any atom is 0.0814 e. The maximum atomic E-state index is 2.35. The van der Waals surface area contributed by atoms with E-state index in [1.807, 2.05) is 0 Å². The normalized spacial score (nSPS) is 14.1.